The molecule has 12 nitrogen and oxygen atoms in total. The Bertz CT molecular complexity index is 1630. The van der Waals surface area contributed by atoms with Crippen molar-refractivity contribution < 1.29 is 33.3 Å². The summed E-state index contributed by atoms with van der Waals surface area (Å²) in [5.41, 5.74) is 6.77. The van der Waals surface area contributed by atoms with Crippen LogP contribution in [-0.2, 0) is 19.1 Å². The first-order valence-electron chi connectivity index (χ1n) is 19.2. The van der Waals surface area contributed by atoms with Crippen molar-refractivity contribution in [2.75, 3.05) is 46.0 Å². The van der Waals surface area contributed by atoms with Crippen molar-refractivity contribution in [2.45, 2.75) is 109 Å². The molecular weight excluding hydrogens is 686 g/mol. The number of aromatic nitrogens is 1. The number of nitrogens with two attached hydrogens (primary N) is 1. The average Bonchev–Trinajstić information content (AvgIpc) is 3.50. The van der Waals surface area contributed by atoms with E-state index in [1.54, 1.807) is 0 Å². The summed E-state index contributed by atoms with van der Waals surface area (Å²) < 4.78 is 24.1. The maximum atomic E-state index is 14.2. The number of nitrogens with one attached hydrogen (secondary N) is 1. The fraction of sp³-hybridized carbons (Fsp3) is 0.692. The maximum absolute atomic E-state index is 14.2. The highest BCUT2D eigenvalue weighted by molar-refractivity contribution is 6.36. The van der Waals surface area contributed by atoms with Crippen molar-refractivity contribution in [3.05, 3.63) is 28.9 Å². The van der Waals surface area contributed by atoms with E-state index < -0.39 is 41.5 Å². The van der Waals surface area contributed by atoms with Gasteiger partial charge in [0.05, 0.1) is 25.3 Å². The highest BCUT2D eigenvalue weighted by atomic mass is 35.5. The Labute approximate surface area is 311 Å². The number of likely N-dealkylation sites (tertiary alicyclic amines) is 1. The molecule has 5 aliphatic rings. The topological polar surface area (TPSA) is 146 Å². The Morgan fingerprint density at radius 2 is 1.75 bits per heavy atom. The Balaban J connectivity index is 1.10. The summed E-state index contributed by atoms with van der Waals surface area (Å²) in [6.07, 6.45) is 7.46. The molecule has 3 amide bonds. The number of halogens is 1. The molecule has 0 bridgehead atoms. The second-order valence-corrected chi connectivity index (χ2v) is 16.9. The molecule has 0 radical (unpaired) electrons. The van der Waals surface area contributed by atoms with Crippen LogP contribution in [0.4, 0.5) is 4.79 Å². The number of carbonyl (C=O) groups excluding carboxylic acids is 3. The lowest BCUT2D eigenvalue weighted by Crippen LogP contribution is -2.57. The first-order valence-corrected chi connectivity index (χ1v) is 19.6. The van der Waals surface area contributed by atoms with Gasteiger partial charge in [0, 0.05) is 49.1 Å². The third-order valence-corrected chi connectivity index (χ3v) is 12.0. The van der Waals surface area contributed by atoms with E-state index in [-0.39, 0.29) is 25.0 Å². The number of benzene rings is 1. The van der Waals surface area contributed by atoms with Gasteiger partial charge in [0.1, 0.15) is 47.4 Å². The number of carbonyl (C=O) groups is 3. The van der Waals surface area contributed by atoms with Gasteiger partial charge < -0.3 is 34.9 Å². The second-order valence-electron chi connectivity index (χ2n) is 16.5. The molecule has 2 unspecified atom stereocenters. The molecule has 284 valence electrons. The Morgan fingerprint density at radius 3 is 2.44 bits per heavy atom. The number of alkyl carbamates (subject to hydrolysis) is 1. The van der Waals surface area contributed by atoms with Crippen molar-refractivity contribution in [3.8, 4) is 11.5 Å². The summed E-state index contributed by atoms with van der Waals surface area (Å²) >= 11 is 7.04. The van der Waals surface area contributed by atoms with Crippen LogP contribution < -0.4 is 20.5 Å². The smallest absolute Gasteiger partial charge is 0.408 e. The van der Waals surface area contributed by atoms with Crippen LogP contribution in [0.3, 0.4) is 0 Å². The Morgan fingerprint density at radius 1 is 1.02 bits per heavy atom. The Kier molecular flexibility index (Phi) is 11.1. The second kappa shape index (κ2) is 15.6. The van der Waals surface area contributed by atoms with Crippen molar-refractivity contribution in [3.63, 3.8) is 0 Å². The van der Waals surface area contributed by atoms with E-state index in [1.165, 1.54) is 17.7 Å². The van der Waals surface area contributed by atoms with Crippen molar-refractivity contribution in [1.29, 1.82) is 0 Å². The minimum atomic E-state index is -0.934. The van der Waals surface area contributed by atoms with Gasteiger partial charge >= 0.3 is 6.09 Å². The highest BCUT2D eigenvalue weighted by Gasteiger charge is 2.48. The number of rotatable bonds is 11. The number of morpholine rings is 1. The van der Waals surface area contributed by atoms with E-state index in [9.17, 15) is 14.4 Å². The van der Waals surface area contributed by atoms with Gasteiger partial charge in [-0.25, -0.2) is 4.79 Å². The van der Waals surface area contributed by atoms with Crippen LogP contribution in [0.5, 0.6) is 11.5 Å². The molecular formula is C39H54ClN5O7. The van der Waals surface area contributed by atoms with Gasteiger partial charge in [0.25, 0.3) is 0 Å². The van der Waals surface area contributed by atoms with E-state index in [0.29, 0.717) is 40.5 Å². The van der Waals surface area contributed by atoms with Crippen molar-refractivity contribution in [2.24, 2.45) is 23.0 Å². The van der Waals surface area contributed by atoms with Gasteiger partial charge in [-0.05, 0) is 61.5 Å². The van der Waals surface area contributed by atoms with Gasteiger partial charge in [0.15, 0.2) is 0 Å². The molecule has 7 rings (SSSR count). The fourth-order valence-corrected chi connectivity index (χ4v) is 8.86. The zero-order chi connectivity index (χ0) is 36.6. The van der Waals surface area contributed by atoms with E-state index >= 15 is 0 Å². The van der Waals surface area contributed by atoms with Gasteiger partial charge in [-0.1, -0.05) is 51.6 Å². The summed E-state index contributed by atoms with van der Waals surface area (Å²) in [4.78, 5) is 48.9. The SMILES string of the molecule is CC(C)(C)[C@H](NC(=O)OC1C[C@@H]2C[C@@H]2C1)C(=O)N1CC(Oc2cc(C3CCCCC3)nc3c(Cl)c(OCCN4CCOCC4)ccc23)C[C@H]1C(N)=O. The van der Waals surface area contributed by atoms with Gasteiger partial charge in [-0.15, -0.1) is 0 Å². The van der Waals surface area contributed by atoms with Crippen LogP contribution in [0.15, 0.2) is 18.2 Å². The van der Waals surface area contributed by atoms with E-state index in [2.05, 4.69) is 10.2 Å². The quantitative estimate of drug-likeness (QED) is 0.309. The molecule has 1 aromatic carbocycles. The van der Waals surface area contributed by atoms with Crippen LogP contribution >= 0.6 is 11.6 Å². The van der Waals surface area contributed by atoms with Crippen LogP contribution in [-0.4, -0.2) is 103 Å². The highest BCUT2D eigenvalue weighted by Crippen LogP contribution is 2.52. The summed E-state index contributed by atoms with van der Waals surface area (Å²) in [5.74, 6) is 1.74. The molecule has 3 aliphatic carbocycles. The van der Waals surface area contributed by atoms with Gasteiger partial charge in [0.2, 0.25) is 11.8 Å². The number of ether oxygens (including phenoxy) is 4. The molecule has 6 atom stereocenters. The largest absolute Gasteiger partial charge is 0.491 e. The normalized spacial score (nSPS) is 27.2. The molecule has 0 spiro atoms. The summed E-state index contributed by atoms with van der Waals surface area (Å²) in [7, 11) is 0. The number of pyridine rings is 1. The molecule has 52 heavy (non-hydrogen) atoms. The molecule has 3 saturated carbocycles. The lowest BCUT2D eigenvalue weighted by molar-refractivity contribution is -0.141. The fourth-order valence-electron chi connectivity index (χ4n) is 8.60. The minimum Gasteiger partial charge on any atom is -0.491 e. The van der Waals surface area contributed by atoms with Crippen molar-refractivity contribution in [1.82, 2.24) is 20.1 Å². The standard InChI is InChI=1S/C39H54ClN5O7/c1-39(2,3)35(43-38(48)52-26-18-24-17-25(24)19-26)37(47)45-22-27(20-30(45)36(41)46)51-32-21-29(23-7-5-4-6-8-23)42-34-28(32)9-10-31(33(34)40)50-16-13-44-11-14-49-15-12-44/h9-10,21,23-27,30,35H,4-8,11-20,22H2,1-3H3,(H2,41,46)(H,43,48)/t24-,25+,26?,27?,30-,35+/m0/s1. The number of fused-ring (bicyclic) bond motifs is 2. The zero-order valence-corrected chi connectivity index (χ0v) is 31.5. The zero-order valence-electron chi connectivity index (χ0n) is 30.7. The molecule has 13 heteroatoms. The molecule has 2 aliphatic heterocycles. The van der Waals surface area contributed by atoms with Crippen LogP contribution in [0.2, 0.25) is 5.02 Å². The van der Waals surface area contributed by atoms with Crippen LogP contribution in [0, 0.1) is 17.3 Å². The van der Waals surface area contributed by atoms with E-state index in [1.807, 2.05) is 39.0 Å². The number of nitrogens with zero attached hydrogens (tertiary/aromatic N) is 3. The first-order chi connectivity index (χ1) is 24.9. The molecule has 2 aromatic rings. The lowest BCUT2D eigenvalue weighted by Gasteiger charge is -2.35. The lowest BCUT2D eigenvalue weighted by atomic mass is 9.85. The van der Waals surface area contributed by atoms with Crippen LogP contribution in [0.1, 0.15) is 90.2 Å². The summed E-state index contributed by atoms with van der Waals surface area (Å²) in [5, 5.41) is 4.00. The third kappa shape index (κ3) is 8.39. The predicted molar refractivity (Wildman–Crippen MR) is 197 cm³/mol. The predicted octanol–water partition coefficient (Wildman–Crippen LogP) is 5.42. The van der Waals surface area contributed by atoms with E-state index in [4.69, 9.17) is 41.3 Å². The van der Waals surface area contributed by atoms with Crippen LogP contribution in [0.25, 0.3) is 10.9 Å². The molecule has 1 aromatic heterocycles. The number of primary amides is 1. The monoisotopic (exact) mass is 739 g/mol. The van der Waals surface area contributed by atoms with E-state index in [0.717, 1.165) is 82.5 Å². The molecule has 3 N–H and O–H groups in total. The molecule has 3 heterocycles. The minimum absolute atomic E-state index is 0.123. The third-order valence-electron chi connectivity index (χ3n) is 11.7. The average molecular weight is 740 g/mol. The molecule has 5 fully saturated rings. The maximum Gasteiger partial charge on any atom is 0.408 e. The first kappa shape index (κ1) is 37.0. The molecule has 2 saturated heterocycles. The number of hydrogen-bond donors (Lipinski definition) is 2. The summed E-state index contributed by atoms with van der Waals surface area (Å²) in [6.45, 7) is 10.2. The Hall–Kier alpha value is -3.35. The summed E-state index contributed by atoms with van der Waals surface area (Å²) in [6, 6.07) is 3.93. The number of amides is 3. The van der Waals surface area contributed by atoms with Crippen molar-refractivity contribution >= 4 is 40.4 Å². The van der Waals surface area contributed by atoms with Gasteiger partial charge in [-0.3, -0.25) is 19.5 Å². The number of hydrogen-bond acceptors (Lipinski definition) is 9. The van der Waals surface area contributed by atoms with Gasteiger partial charge in [-0.2, -0.15) is 0 Å².